The molecule has 0 unspecified atom stereocenters. The van der Waals surface area contributed by atoms with Crippen molar-refractivity contribution in [1.29, 1.82) is 0 Å². The SMILES string of the molecule is C.CC[C@H]1O[C@@H](n2cnc3c(N(C(=O)c4ccccc4)C(=O)c4ccccc4)nc([18F])nc32)[C@H](OC(=O)c2ccccc2)[C@@H]1C.CC[C@H]1O[C@@H](n2cnc3c(N(C(=O)c4ccccc4)C(=O)c4ccccc4)nc([N+](=O)[O-])nc32)[C@H](OC(=O)c2ccccc2)[C@@H]1C.F.Nc1nc([18F])nc2c1ncn2[C@@H]1O[C@H](CO)[C@@H](O)[C@H]1O.[18F-].[K+]. The fraction of sp³-hybridized carbons (Fsp3) is 0.260. The molecule has 5 N–H and O–H groups in total. The number of rotatable bonds is 17. The molecule has 4 amide bonds. The number of anilines is 3. The van der Waals surface area contributed by atoms with Gasteiger partial charge in [0.05, 0.1) is 42.6 Å². The minimum atomic E-state index is -1.32. The van der Waals surface area contributed by atoms with Gasteiger partial charge in [0.15, 0.2) is 70.4 Å². The maximum absolute atomic E-state index is 15.2. The maximum atomic E-state index is 15.2. The van der Waals surface area contributed by atoms with E-state index < -0.39 is 114 Å². The molecule has 3 aliphatic heterocycles. The van der Waals surface area contributed by atoms with Gasteiger partial charge < -0.3 is 59.6 Å². The van der Waals surface area contributed by atoms with Crippen molar-refractivity contribution in [2.24, 2.45) is 11.8 Å². The number of aromatic nitrogens is 12. The summed E-state index contributed by atoms with van der Waals surface area (Å²) in [5, 5.41) is 40.8. The first-order valence-electron chi connectivity index (χ1n) is 34.6. The number of carbonyl (C=O) groups is 6. The molecule has 6 aromatic heterocycles. The number of aliphatic hydroxyl groups excluding tert-OH is 3. The van der Waals surface area contributed by atoms with Gasteiger partial charge in [0.25, 0.3) is 29.4 Å². The third-order valence-corrected chi connectivity index (χ3v) is 18.7. The number of fused-ring (bicyclic) bond motifs is 3. The zero-order valence-electron chi connectivity index (χ0n) is 60.6. The first kappa shape index (κ1) is 86.5. The van der Waals surface area contributed by atoms with E-state index in [-0.39, 0.29) is 165 Å². The van der Waals surface area contributed by atoms with Gasteiger partial charge in [0, 0.05) is 34.1 Å². The molecular weight excluding hydrogens is 1520 g/mol. The maximum Gasteiger partial charge on any atom is 1.00 e. The third kappa shape index (κ3) is 17.6. The van der Waals surface area contributed by atoms with Crippen LogP contribution in [0.15, 0.2) is 201 Å². The average molecular weight is 1590 g/mol. The van der Waals surface area contributed by atoms with E-state index in [0.29, 0.717) is 24.0 Å². The van der Waals surface area contributed by atoms with Crippen molar-refractivity contribution in [3.8, 4) is 0 Å². The second-order valence-corrected chi connectivity index (χ2v) is 25.5. The van der Waals surface area contributed by atoms with Crippen LogP contribution in [0, 0.1) is 34.1 Å². The van der Waals surface area contributed by atoms with E-state index in [2.05, 4.69) is 44.9 Å². The Balaban J connectivity index is 0.000000205. The summed E-state index contributed by atoms with van der Waals surface area (Å²) in [6, 6.07) is 49.3. The first-order valence-corrected chi connectivity index (χ1v) is 34.6. The Morgan fingerprint density at radius 1 is 0.491 bits per heavy atom. The Morgan fingerprint density at radius 2 is 0.807 bits per heavy atom. The van der Waals surface area contributed by atoms with Gasteiger partial charge >= 0.3 is 81.4 Å². The molecule has 3 fully saturated rings. The number of imidazole rings is 3. The number of aliphatic hydroxyl groups is 3. The largest absolute Gasteiger partial charge is 1.00 e. The van der Waals surface area contributed by atoms with Gasteiger partial charge in [0.1, 0.15) is 24.6 Å². The Hall–Kier alpha value is -11.5. The third-order valence-electron chi connectivity index (χ3n) is 18.7. The van der Waals surface area contributed by atoms with Crippen LogP contribution in [-0.2, 0) is 23.7 Å². The summed E-state index contributed by atoms with van der Waals surface area (Å²) in [7, 11) is 0. The molecule has 0 radical (unpaired) electrons. The second kappa shape index (κ2) is 37.9. The van der Waals surface area contributed by atoms with Crippen molar-refractivity contribution in [2.75, 3.05) is 22.1 Å². The van der Waals surface area contributed by atoms with Gasteiger partial charge in [-0.3, -0.25) is 37.6 Å². The van der Waals surface area contributed by atoms with Crippen molar-refractivity contribution in [3.63, 3.8) is 0 Å². The summed E-state index contributed by atoms with van der Waals surface area (Å²) < 4.78 is 62.5. The van der Waals surface area contributed by atoms with Crippen LogP contribution in [0.1, 0.15) is 129 Å². The normalized spacial score (nSPS) is 20.5. The van der Waals surface area contributed by atoms with Gasteiger partial charge in [-0.05, 0) is 101 Å². The molecule has 586 valence electrons. The van der Waals surface area contributed by atoms with Gasteiger partial charge in [-0.15, -0.1) is 0 Å². The average Bonchev–Trinajstić information content (AvgIpc) is 1.58. The van der Waals surface area contributed by atoms with Crippen molar-refractivity contribution in [3.05, 3.63) is 257 Å². The number of halogens is 4. The van der Waals surface area contributed by atoms with E-state index >= 15 is 4.39 Å². The Bertz CT molecular complexity index is 5290. The number of ether oxygens (including phenoxy) is 5. The monoisotopic (exact) mass is 1590 g/mol. The topological polar surface area (TPSA) is 416 Å². The molecule has 32 nitrogen and oxygen atoms in total. The van der Waals surface area contributed by atoms with Crippen molar-refractivity contribution in [2.45, 2.75) is 109 Å². The van der Waals surface area contributed by atoms with E-state index in [4.69, 9.17) is 34.5 Å². The fourth-order valence-electron chi connectivity index (χ4n) is 13.1. The molecule has 9 heterocycles. The number of nitrogens with two attached hydrogens (primary N) is 1. The predicted octanol–water partition coefficient (Wildman–Crippen LogP) is 3.97. The second-order valence-electron chi connectivity index (χ2n) is 25.5. The molecule has 6 aromatic carbocycles. The molecule has 12 aromatic rings. The summed E-state index contributed by atoms with van der Waals surface area (Å²) in [6.45, 7) is 7.22. The summed E-state index contributed by atoms with van der Waals surface area (Å²) in [5.41, 5.74) is 6.91. The van der Waals surface area contributed by atoms with E-state index in [1.807, 2.05) is 27.7 Å². The smallest absolute Gasteiger partial charge is 1.00 e. The zero-order valence-corrected chi connectivity index (χ0v) is 63.7. The molecule has 12 atom stereocenters. The zero-order chi connectivity index (χ0) is 77.6. The minimum Gasteiger partial charge on any atom is -1.00 e. The summed E-state index contributed by atoms with van der Waals surface area (Å²) in [5.74, 6) is -6.31. The molecular formula is C77H73F4KN16O16. The summed E-state index contributed by atoms with van der Waals surface area (Å²) in [6.07, 6.45) is -5.79. The van der Waals surface area contributed by atoms with Gasteiger partial charge in [0.2, 0.25) is 5.65 Å². The van der Waals surface area contributed by atoms with E-state index in [9.17, 15) is 53.5 Å². The van der Waals surface area contributed by atoms with Crippen LogP contribution in [0.3, 0.4) is 0 Å². The predicted molar refractivity (Wildman–Crippen MR) is 395 cm³/mol. The molecule has 0 spiro atoms. The van der Waals surface area contributed by atoms with Crippen molar-refractivity contribution in [1.82, 2.24) is 58.6 Å². The van der Waals surface area contributed by atoms with Crippen LogP contribution in [0.25, 0.3) is 33.5 Å². The standard InChI is InChI=1S/C33H28FN5O5.C33H28N6O7.C10H12FN5O4.CH4.2FH.K/c1-3-24-20(2)26(44-32(42)23-17-11-6-12-18-23)31(43-24)38-19-35-25-27(38)36-33(34)37-28(25)39(29(40)21-13-7-4-8-14-21)30(41)22-15-9-5-10-16-22;1-3-24-20(2)26(46-32(42)23-17-11-6-12-18-23)31(45-24)37-19-34-25-27(37)35-33(39(43)44)36-28(25)38(29(40)21-13-7-4-8-14-21)30(41)22-15-9-5-10-16-22;11-10-14-7(12)4-8(15-10)16(2-13-4)9-6(19)5(18)3(1-17)20-9;;;;/h4-20,24,26,31H,3H2,1-2H3;4-20,24,26,31H,3H2,1-2H3;2-3,5-6,9,17-19H,1H2,(H2,12,14,15);1H4;2*1H;/q;;;;;;+1/p-1/t2*20-,24-,26-,31-;3-,5-,6-,9-;;;;/m111..../s1/i34-1;;11-1;;1-1;;. The number of esters is 2. The van der Waals surface area contributed by atoms with Crippen LogP contribution < -0.4 is 71.6 Å². The van der Waals surface area contributed by atoms with Crippen LogP contribution >= 0.6 is 0 Å². The Labute approximate surface area is 688 Å². The quantitative estimate of drug-likeness (QED) is 0.0190. The molecule has 15 rings (SSSR count). The molecule has 3 saturated heterocycles. The number of nitro groups is 1. The van der Waals surface area contributed by atoms with Gasteiger partial charge in [-0.1, -0.05) is 144 Å². The molecule has 3 aliphatic rings. The van der Waals surface area contributed by atoms with Crippen molar-refractivity contribution < 1.29 is 142 Å². The van der Waals surface area contributed by atoms with Gasteiger partial charge in [-0.2, -0.15) is 28.7 Å². The van der Waals surface area contributed by atoms with E-state index in [1.165, 1.54) is 56.9 Å². The summed E-state index contributed by atoms with van der Waals surface area (Å²) in [4.78, 5) is 130. The number of benzene rings is 6. The number of carbonyl (C=O) groups excluding carboxylic acids is 6. The van der Waals surface area contributed by atoms with Crippen LogP contribution in [0.4, 0.5) is 36.9 Å². The van der Waals surface area contributed by atoms with E-state index in [0.717, 1.165) is 9.80 Å². The first-order chi connectivity index (χ1) is 53.2. The minimum absolute atomic E-state index is 0. The Kier molecular flexibility index (Phi) is 28.7. The van der Waals surface area contributed by atoms with Crippen LogP contribution in [-0.4, -0.2) is 164 Å². The van der Waals surface area contributed by atoms with Gasteiger partial charge in [-0.25, -0.2) is 34.3 Å². The molecule has 0 saturated carbocycles. The molecule has 0 bridgehead atoms. The van der Waals surface area contributed by atoms with Crippen molar-refractivity contribution >= 4 is 92.5 Å². The number of amides is 4. The number of hydrogen-bond acceptors (Lipinski definition) is 26. The molecule has 37 heteroatoms. The van der Waals surface area contributed by atoms with Crippen LogP contribution in [0.5, 0.6) is 0 Å². The van der Waals surface area contributed by atoms with E-state index in [1.54, 1.807) is 158 Å². The number of imide groups is 2. The number of nitrogens with zero attached hydrogens (tertiary/aromatic N) is 15. The molecule has 0 aliphatic carbocycles. The fourth-order valence-corrected chi connectivity index (χ4v) is 13.1. The van der Waals surface area contributed by atoms with Crippen LogP contribution in [0.2, 0.25) is 0 Å². The number of nitrogen functional groups attached to an aromatic ring is 1. The Morgan fingerprint density at radius 3 is 1.16 bits per heavy atom. The number of hydrogen-bond donors (Lipinski definition) is 4. The molecule has 114 heavy (non-hydrogen) atoms. The summed E-state index contributed by atoms with van der Waals surface area (Å²) >= 11 is 0.